The van der Waals surface area contributed by atoms with Crippen LogP contribution in [0.4, 0.5) is 5.69 Å². The van der Waals surface area contributed by atoms with Crippen molar-refractivity contribution >= 4 is 29.1 Å². The molecule has 134 valence electrons. The number of hydrogen-bond donors (Lipinski definition) is 0. The molecule has 0 fully saturated rings. The molecular weight excluding hydrogens is 350 g/mol. The molecule has 0 aromatic heterocycles. The number of hydrogen-bond acceptors (Lipinski definition) is 3. The van der Waals surface area contributed by atoms with Crippen molar-refractivity contribution < 1.29 is 14.3 Å². The van der Waals surface area contributed by atoms with E-state index in [1.165, 1.54) is 4.90 Å². The van der Waals surface area contributed by atoms with Gasteiger partial charge < -0.3 is 4.74 Å². The Balaban J connectivity index is 1.86. The molecule has 2 amide bonds. The summed E-state index contributed by atoms with van der Waals surface area (Å²) >= 11 is 6.23. The third kappa shape index (κ3) is 3.37. The SMILES string of the molecule is CCC1=C(CC)C(=O)N(c2ccc(Cl)c(OCc3ccccc3)c2)C1=O. The summed E-state index contributed by atoms with van der Waals surface area (Å²) in [4.78, 5) is 26.5. The Labute approximate surface area is 158 Å². The quantitative estimate of drug-likeness (QED) is 0.680. The molecule has 3 rings (SSSR count). The van der Waals surface area contributed by atoms with Gasteiger partial charge >= 0.3 is 0 Å². The molecule has 2 aromatic rings. The van der Waals surface area contributed by atoms with Crippen molar-refractivity contribution in [2.75, 3.05) is 4.90 Å². The smallest absolute Gasteiger partial charge is 0.261 e. The van der Waals surface area contributed by atoms with Gasteiger partial charge in [0.2, 0.25) is 0 Å². The van der Waals surface area contributed by atoms with Gasteiger partial charge in [-0.2, -0.15) is 0 Å². The highest BCUT2D eigenvalue weighted by atomic mass is 35.5. The summed E-state index contributed by atoms with van der Waals surface area (Å²) in [5.74, 6) is -0.0759. The first-order valence-corrected chi connectivity index (χ1v) is 9.01. The molecule has 1 aliphatic rings. The average Bonchev–Trinajstić information content (AvgIpc) is 2.91. The van der Waals surface area contributed by atoms with E-state index < -0.39 is 0 Å². The number of nitrogens with zero attached hydrogens (tertiary/aromatic N) is 1. The van der Waals surface area contributed by atoms with E-state index in [0.29, 0.717) is 47.1 Å². The number of imide groups is 1. The van der Waals surface area contributed by atoms with Crippen LogP contribution >= 0.6 is 11.6 Å². The van der Waals surface area contributed by atoms with Crippen LogP contribution in [0, 0.1) is 0 Å². The normalized spacial score (nSPS) is 14.3. The van der Waals surface area contributed by atoms with E-state index in [-0.39, 0.29) is 11.8 Å². The lowest BCUT2D eigenvalue weighted by atomic mass is 10.1. The third-order valence-corrected chi connectivity index (χ3v) is 4.72. The van der Waals surface area contributed by atoms with Crippen LogP contribution in [0.1, 0.15) is 32.3 Å². The summed E-state index contributed by atoms with van der Waals surface area (Å²) in [6, 6.07) is 14.7. The number of benzene rings is 2. The number of amides is 2. The van der Waals surface area contributed by atoms with E-state index in [2.05, 4.69) is 0 Å². The second-order valence-corrected chi connectivity index (χ2v) is 6.41. The molecule has 0 saturated heterocycles. The number of anilines is 1. The maximum atomic E-state index is 12.7. The fourth-order valence-electron chi connectivity index (χ4n) is 3.06. The molecule has 0 bridgehead atoms. The molecular formula is C21H20ClNO3. The van der Waals surface area contributed by atoms with Gasteiger partial charge in [0.25, 0.3) is 11.8 Å². The number of rotatable bonds is 6. The van der Waals surface area contributed by atoms with Crippen LogP contribution in [0.2, 0.25) is 5.02 Å². The summed E-state index contributed by atoms with van der Waals surface area (Å²) in [5.41, 5.74) is 2.64. The van der Waals surface area contributed by atoms with Crippen LogP contribution in [-0.2, 0) is 16.2 Å². The second-order valence-electron chi connectivity index (χ2n) is 6.00. The third-order valence-electron chi connectivity index (χ3n) is 4.40. The van der Waals surface area contributed by atoms with Crippen molar-refractivity contribution in [3.05, 3.63) is 70.3 Å². The van der Waals surface area contributed by atoms with Gasteiger partial charge in [-0.25, -0.2) is 4.90 Å². The van der Waals surface area contributed by atoms with E-state index in [1.807, 2.05) is 44.2 Å². The zero-order chi connectivity index (χ0) is 18.7. The molecule has 0 N–H and O–H groups in total. The Morgan fingerprint density at radius 1 is 0.923 bits per heavy atom. The monoisotopic (exact) mass is 369 g/mol. The van der Waals surface area contributed by atoms with E-state index in [0.717, 1.165) is 5.56 Å². The largest absolute Gasteiger partial charge is 0.487 e. The summed E-state index contributed by atoms with van der Waals surface area (Å²) in [7, 11) is 0. The molecule has 26 heavy (non-hydrogen) atoms. The highest BCUT2D eigenvalue weighted by Crippen LogP contribution is 2.35. The predicted octanol–water partition coefficient (Wildman–Crippen LogP) is 4.91. The number of carbonyl (C=O) groups is 2. The molecule has 0 radical (unpaired) electrons. The maximum Gasteiger partial charge on any atom is 0.261 e. The number of ether oxygens (including phenoxy) is 1. The van der Waals surface area contributed by atoms with Crippen LogP contribution in [0.3, 0.4) is 0 Å². The number of carbonyl (C=O) groups excluding carboxylic acids is 2. The topological polar surface area (TPSA) is 46.6 Å². The standard InChI is InChI=1S/C21H20ClNO3/c1-3-16-17(4-2)21(25)23(20(16)24)15-10-11-18(22)19(12-15)26-13-14-8-6-5-7-9-14/h5-12H,3-4,13H2,1-2H3. The lowest BCUT2D eigenvalue weighted by Gasteiger charge is -2.17. The Morgan fingerprint density at radius 2 is 1.54 bits per heavy atom. The van der Waals surface area contributed by atoms with Crippen molar-refractivity contribution in [2.24, 2.45) is 0 Å². The van der Waals surface area contributed by atoms with Crippen molar-refractivity contribution in [1.29, 1.82) is 0 Å². The van der Waals surface area contributed by atoms with Crippen LogP contribution in [0.25, 0.3) is 0 Å². The Kier molecular flexibility index (Phi) is 5.43. The first-order valence-electron chi connectivity index (χ1n) is 8.63. The zero-order valence-corrected chi connectivity index (χ0v) is 15.5. The van der Waals surface area contributed by atoms with Gasteiger partial charge in [-0.05, 0) is 30.5 Å². The minimum Gasteiger partial charge on any atom is -0.487 e. The van der Waals surface area contributed by atoms with Gasteiger partial charge in [0.15, 0.2) is 0 Å². The molecule has 0 atom stereocenters. The number of halogens is 1. The van der Waals surface area contributed by atoms with Gasteiger partial charge in [0, 0.05) is 17.2 Å². The minimum atomic E-state index is -0.259. The van der Waals surface area contributed by atoms with Crippen molar-refractivity contribution in [3.8, 4) is 5.75 Å². The molecule has 4 nitrogen and oxygen atoms in total. The lowest BCUT2D eigenvalue weighted by Crippen LogP contribution is -2.31. The van der Waals surface area contributed by atoms with Crippen LogP contribution < -0.4 is 9.64 Å². The first kappa shape index (κ1) is 18.2. The highest BCUT2D eigenvalue weighted by molar-refractivity contribution is 6.34. The Hall–Kier alpha value is -2.59. The summed E-state index contributed by atoms with van der Waals surface area (Å²) in [5, 5.41) is 0.433. The molecule has 2 aromatic carbocycles. The van der Waals surface area contributed by atoms with Gasteiger partial charge in [-0.15, -0.1) is 0 Å². The van der Waals surface area contributed by atoms with Crippen molar-refractivity contribution in [2.45, 2.75) is 33.3 Å². The summed E-state index contributed by atoms with van der Waals surface area (Å²) in [6.45, 7) is 4.12. The summed E-state index contributed by atoms with van der Waals surface area (Å²) < 4.78 is 5.81. The fraction of sp³-hybridized carbons (Fsp3) is 0.238. The molecule has 0 unspecified atom stereocenters. The second kappa shape index (κ2) is 7.75. The van der Waals surface area contributed by atoms with Crippen LogP contribution in [-0.4, -0.2) is 11.8 Å². The van der Waals surface area contributed by atoms with Gasteiger partial charge in [-0.1, -0.05) is 55.8 Å². The summed E-state index contributed by atoms with van der Waals surface area (Å²) in [6.07, 6.45) is 1.07. The molecule has 1 heterocycles. The van der Waals surface area contributed by atoms with Crippen LogP contribution in [0.15, 0.2) is 59.7 Å². The lowest BCUT2D eigenvalue weighted by molar-refractivity contribution is -0.120. The van der Waals surface area contributed by atoms with Gasteiger partial charge in [-0.3, -0.25) is 9.59 Å². The Bertz CT molecular complexity index is 848. The highest BCUT2D eigenvalue weighted by Gasteiger charge is 2.37. The van der Waals surface area contributed by atoms with Gasteiger partial charge in [0.1, 0.15) is 12.4 Å². The van der Waals surface area contributed by atoms with Crippen molar-refractivity contribution in [3.63, 3.8) is 0 Å². The van der Waals surface area contributed by atoms with Crippen LogP contribution in [0.5, 0.6) is 5.75 Å². The molecule has 0 saturated carbocycles. The van der Waals surface area contributed by atoms with Crippen molar-refractivity contribution in [1.82, 2.24) is 0 Å². The molecule has 0 spiro atoms. The fourth-order valence-corrected chi connectivity index (χ4v) is 3.23. The van der Waals surface area contributed by atoms with E-state index in [1.54, 1.807) is 18.2 Å². The molecule has 0 aliphatic carbocycles. The van der Waals surface area contributed by atoms with E-state index in [4.69, 9.17) is 16.3 Å². The van der Waals surface area contributed by atoms with E-state index in [9.17, 15) is 9.59 Å². The minimum absolute atomic E-state index is 0.259. The molecule has 1 aliphatic heterocycles. The van der Waals surface area contributed by atoms with E-state index >= 15 is 0 Å². The molecule has 5 heteroatoms. The van der Waals surface area contributed by atoms with Gasteiger partial charge in [0.05, 0.1) is 10.7 Å². The first-order chi connectivity index (χ1) is 12.6. The Morgan fingerprint density at radius 3 is 2.12 bits per heavy atom. The average molecular weight is 370 g/mol. The zero-order valence-electron chi connectivity index (χ0n) is 14.8. The maximum absolute atomic E-state index is 12.7. The predicted molar refractivity (Wildman–Crippen MR) is 102 cm³/mol.